The summed E-state index contributed by atoms with van der Waals surface area (Å²) in [5, 5.41) is 6.85. The quantitative estimate of drug-likeness (QED) is 0.803. The lowest BCUT2D eigenvalue weighted by atomic mass is 10.1. The zero-order valence-electron chi connectivity index (χ0n) is 13.0. The molecule has 0 fully saturated rings. The molecule has 0 unspecified atom stereocenters. The average Bonchev–Trinajstić information content (AvgIpc) is 2.95. The van der Waals surface area contributed by atoms with Crippen molar-refractivity contribution in [1.82, 2.24) is 15.5 Å². The molecule has 5 heteroatoms. The topological polar surface area (TPSA) is 68.0 Å². The number of nitrogens with zero attached hydrogens (tertiary/aromatic N) is 2. The fraction of sp³-hybridized carbons (Fsp3) is 0.167. The highest BCUT2D eigenvalue weighted by atomic mass is 16.5. The van der Waals surface area contributed by atoms with Crippen LogP contribution in [0.4, 0.5) is 0 Å². The second kappa shape index (κ2) is 6.44. The van der Waals surface area contributed by atoms with Gasteiger partial charge >= 0.3 is 0 Å². The van der Waals surface area contributed by atoms with Gasteiger partial charge in [0.2, 0.25) is 0 Å². The summed E-state index contributed by atoms with van der Waals surface area (Å²) in [6, 6.07) is 11.6. The summed E-state index contributed by atoms with van der Waals surface area (Å²) >= 11 is 0. The molecule has 1 amide bonds. The zero-order chi connectivity index (χ0) is 16.2. The summed E-state index contributed by atoms with van der Waals surface area (Å²) in [5.41, 5.74) is 4.03. The number of rotatable bonds is 4. The largest absolute Gasteiger partial charge is 0.355 e. The van der Waals surface area contributed by atoms with Crippen LogP contribution in [0, 0.1) is 13.8 Å². The maximum atomic E-state index is 12.6. The van der Waals surface area contributed by atoms with Crippen LogP contribution in [-0.4, -0.2) is 16.0 Å². The van der Waals surface area contributed by atoms with Crippen molar-refractivity contribution in [3.05, 3.63) is 71.2 Å². The van der Waals surface area contributed by atoms with E-state index in [1.54, 1.807) is 31.5 Å². The van der Waals surface area contributed by atoms with Gasteiger partial charge in [-0.1, -0.05) is 35.0 Å². The van der Waals surface area contributed by atoms with Crippen molar-refractivity contribution < 1.29 is 9.32 Å². The molecular formula is C18H17N3O2. The molecule has 3 aromatic rings. The highest BCUT2D eigenvalue weighted by molar-refractivity contribution is 6.00. The van der Waals surface area contributed by atoms with E-state index in [4.69, 9.17) is 4.52 Å². The predicted molar refractivity (Wildman–Crippen MR) is 86.8 cm³/mol. The lowest BCUT2D eigenvalue weighted by molar-refractivity contribution is 0.0950. The monoisotopic (exact) mass is 307 g/mol. The maximum Gasteiger partial charge on any atom is 0.257 e. The summed E-state index contributed by atoms with van der Waals surface area (Å²) < 4.78 is 5.34. The standard InChI is InChI=1S/C18H17N3O2/c1-12-4-3-5-14(10-12)11-20-18(22)16-13(2)21-23-17(16)15-6-8-19-9-7-15/h3-10H,11H2,1-2H3,(H,20,22). The number of carbonyl (C=O) groups is 1. The van der Waals surface area contributed by atoms with Gasteiger partial charge in [-0.05, 0) is 31.5 Å². The summed E-state index contributed by atoms with van der Waals surface area (Å²) in [7, 11) is 0. The number of nitrogens with one attached hydrogen (secondary N) is 1. The van der Waals surface area contributed by atoms with Gasteiger partial charge in [0.1, 0.15) is 5.56 Å². The van der Waals surface area contributed by atoms with Gasteiger partial charge in [-0.3, -0.25) is 9.78 Å². The van der Waals surface area contributed by atoms with E-state index >= 15 is 0 Å². The van der Waals surface area contributed by atoms with Crippen LogP contribution in [0.25, 0.3) is 11.3 Å². The minimum Gasteiger partial charge on any atom is -0.355 e. The van der Waals surface area contributed by atoms with Gasteiger partial charge in [-0.25, -0.2) is 0 Å². The van der Waals surface area contributed by atoms with E-state index in [1.165, 1.54) is 0 Å². The number of aromatic nitrogens is 2. The number of pyridine rings is 1. The predicted octanol–water partition coefficient (Wildman–Crippen LogP) is 3.28. The van der Waals surface area contributed by atoms with Crippen LogP contribution in [0.2, 0.25) is 0 Å². The van der Waals surface area contributed by atoms with Crippen LogP contribution in [-0.2, 0) is 6.54 Å². The molecule has 0 radical (unpaired) electrons. The number of hydrogen-bond donors (Lipinski definition) is 1. The first-order valence-electron chi connectivity index (χ1n) is 7.35. The molecule has 0 saturated heterocycles. The van der Waals surface area contributed by atoms with Crippen LogP contribution < -0.4 is 5.32 Å². The zero-order valence-corrected chi connectivity index (χ0v) is 13.0. The third-order valence-electron chi connectivity index (χ3n) is 3.57. The second-order valence-corrected chi connectivity index (χ2v) is 5.38. The summed E-state index contributed by atoms with van der Waals surface area (Å²) in [6.07, 6.45) is 3.31. The summed E-state index contributed by atoms with van der Waals surface area (Å²) in [6.45, 7) is 4.24. The SMILES string of the molecule is Cc1cccc(CNC(=O)c2c(C)noc2-c2ccncc2)c1. The Morgan fingerprint density at radius 2 is 1.96 bits per heavy atom. The Morgan fingerprint density at radius 3 is 2.70 bits per heavy atom. The summed E-state index contributed by atoms with van der Waals surface area (Å²) in [5.74, 6) is 0.267. The number of benzene rings is 1. The molecule has 116 valence electrons. The van der Waals surface area contributed by atoms with Crippen LogP contribution in [0.5, 0.6) is 0 Å². The Balaban J connectivity index is 1.81. The first-order valence-corrected chi connectivity index (χ1v) is 7.35. The molecule has 0 aliphatic rings. The van der Waals surface area contributed by atoms with Gasteiger partial charge in [0.15, 0.2) is 5.76 Å². The molecule has 2 heterocycles. The van der Waals surface area contributed by atoms with E-state index in [0.717, 1.165) is 16.7 Å². The van der Waals surface area contributed by atoms with Crippen molar-refractivity contribution in [3.63, 3.8) is 0 Å². The number of carbonyl (C=O) groups excluding carboxylic acids is 1. The second-order valence-electron chi connectivity index (χ2n) is 5.38. The molecule has 0 saturated carbocycles. The molecule has 2 aromatic heterocycles. The molecule has 0 atom stereocenters. The van der Waals surface area contributed by atoms with Gasteiger partial charge in [0.05, 0.1) is 5.69 Å². The van der Waals surface area contributed by atoms with Crippen LogP contribution in [0.3, 0.4) is 0 Å². The van der Waals surface area contributed by atoms with Crippen molar-refractivity contribution in [3.8, 4) is 11.3 Å². The molecule has 0 aliphatic heterocycles. The van der Waals surface area contributed by atoms with E-state index in [0.29, 0.717) is 23.6 Å². The molecule has 3 rings (SSSR count). The molecule has 5 nitrogen and oxygen atoms in total. The van der Waals surface area contributed by atoms with Gasteiger partial charge in [0, 0.05) is 24.5 Å². The summed E-state index contributed by atoms with van der Waals surface area (Å²) in [4.78, 5) is 16.5. The van der Waals surface area contributed by atoms with E-state index in [2.05, 4.69) is 15.5 Å². The van der Waals surface area contributed by atoms with Crippen molar-refractivity contribution in [2.45, 2.75) is 20.4 Å². The lowest BCUT2D eigenvalue weighted by Crippen LogP contribution is -2.23. The maximum absolute atomic E-state index is 12.6. The van der Waals surface area contributed by atoms with Crippen LogP contribution in [0.15, 0.2) is 53.3 Å². The molecule has 0 bridgehead atoms. The van der Waals surface area contributed by atoms with Crippen molar-refractivity contribution >= 4 is 5.91 Å². The van der Waals surface area contributed by atoms with Crippen molar-refractivity contribution in [1.29, 1.82) is 0 Å². The Bertz CT molecular complexity index is 825. The fourth-order valence-electron chi connectivity index (χ4n) is 2.43. The molecule has 0 aliphatic carbocycles. The molecule has 1 N–H and O–H groups in total. The molecule has 23 heavy (non-hydrogen) atoms. The Kier molecular flexibility index (Phi) is 4.19. The number of hydrogen-bond acceptors (Lipinski definition) is 4. The average molecular weight is 307 g/mol. The molecule has 0 spiro atoms. The Hall–Kier alpha value is -2.95. The Labute approximate surface area is 134 Å². The van der Waals surface area contributed by atoms with Gasteiger partial charge in [-0.2, -0.15) is 0 Å². The smallest absolute Gasteiger partial charge is 0.257 e. The van der Waals surface area contributed by atoms with E-state index in [-0.39, 0.29) is 5.91 Å². The Morgan fingerprint density at radius 1 is 1.17 bits per heavy atom. The van der Waals surface area contributed by atoms with E-state index < -0.39 is 0 Å². The third-order valence-corrected chi connectivity index (χ3v) is 3.57. The first kappa shape index (κ1) is 15.0. The first-order chi connectivity index (χ1) is 11.1. The minimum atomic E-state index is -0.197. The van der Waals surface area contributed by atoms with Crippen molar-refractivity contribution in [2.24, 2.45) is 0 Å². The third kappa shape index (κ3) is 3.29. The van der Waals surface area contributed by atoms with Crippen LogP contribution in [0.1, 0.15) is 27.2 Å². The molecule has 1 aromatic carbocycles. The van der Waals surface area contributed by atoms with E-state index in [9.17, 15) is 4.79 Å². The molecular weight excluding hydrogens is 290 g/mol. The fourth-order valence-corrected chi connectivity index (χ4v) is 2.43. The van der Waals surface area contributed by atoms with Crippen LogP contribution >= 0.6 is 0 Å². The van der Waals surface area contributed by atoms with Gasteiger partial charge < -0.3 is 9.84 Å². The number of amides is 1. The van der Waals surface area contributed by atoms with Crippen molar-refractivity contribution in [2.75, 3.05) is 0 Å². The normalized spacial score (nSPS) is 10.5. The highest BCUT2D eigenvalue weighted by Gasteiger charge is 2.21. The lowest BCUT2D eigenvalue weighted by Gasteiger charge is -2.06. The minimum absolute atomic E-state index is 0.197. The highest BCUT2D eigenvalue weighted by Crippen LogP contribution is 2.25. The van der Waals surface area contributed by atoms with E-state index in [1.807, 2.05) is 31.2 Å². The van der Waals surface area contributed by atoms with Gasteiger partial charge in [0.25, 0.3) is 5.91 Å². The van der Waals surface area contributed by atoms with Gasteiger partial charge in [-0.15, -0.1) is 0 Å². The number of aryl methyl sites for hydroxylation is 2.